The van der Waals surface area contributed by atoms with Crippen LogP contribution in [0.2, 0.25) is 5.02 Å². The molecule has 0 spiro atoms. The first kappa shape index (κ1) is 12.0. The van der Waals surface area contributed by atoms with Gasteiger partial charge in [-0.15, -0.1) is 0 Å². The number of carbonyl (C=O) groups excluding carboxylic acids is 1. The second-order valence-corrected chi connectivity index (χ2v) is 3.93. The van der Waals surface area contributed by atoms with Gasteiger partial charge in [-0.1, -0.05) is 11.6 Å². The van der Waals surface area contributed by atoms with Crippen LogP contribution < -0.4 is 0 Å². The van der Waals surface area contributed by atoms with Crippen LogP contribution >= 0.6 is 27.5 Å². The van der Waals surface area contributed by atoms with Crippen molar-refractivity contribution in [3.8, 4) is 6.07 Å². The van der Waals surface area contributed by atoms with Gasteiger partial charge in [0.1, 0.15) is 6.07 Å². The minimum Gasteiger partial charge on any atom is -0.462 e. The SMILES string of the molecule is CCOC(=O)c1c(Br)cc(Cl)cc1C#N. The Morgan fingerprint density at radius 1 is 1.67 bits per heavy atom. The third-order valence-electron chi connectivity index (χ3n) is 1.66. The lowest BCUT2D eigenvalue weighted by Crippen LogP contribution is -2.08. The number of rotatable bonds is 2. The van der Waals surface area contributed by atoms with E-state index in [1.54, 1.807) is 13.0 Å². The molecule has 0 aromatic heterocycles. The molecule has 0 aliphatic heterocycles. The van der Waals surface area contributed by atoms with Crippen LogP contribution in [-0.4, -0.2) is 12.6 Å². The summed E-state index contributed by atoms with van der Waals surface area (Å²) in [5.74, 6) is -0.530. The van der Waals surface area contributed by atoms with Gasteiger partial charge in [-0.25, -0.2) is 4.79 Å². The van der Waals surface area contributed by atoms with Gasteiger partial charge < -0.3 is 4.74 Å². The predicted molar refractivity (Wildman–Crippen MR) is 59.8 cm³/mol. The fourth-order valence-electron chi connectivity index (χ4n) is 1.07. The molecule has 0 heterocycles. The third kappa shape index (κ3) is 2.71. The quantitative estimate of drug-likeness (QED) is 0.786. The number of hydrogen-bond acceptors (Lipinski definition) is 3. The van der Waals surface area contributed by atoms with E-state index >= 15 is 0 Å². The number of esters is 1. The molecule has 0 fully saturated rings. The Kier molecular flexibility index (Phi) is 4.13. The number of carbonyl (C=O) groups is 1. The Labute approximate surface area is 101 Å². The van der Waals surface area contributed by atoms with Gasteiger partial charge in [0.25, 0.3) is 0 Å². The van der Waals surface area contributed by atoms with Crippen molar-refractivity contribution in [3.05, 3.63) is 32.8 Å². The number of ether oxygens (including phenoxy) is 1. The van der Waals surface area contributed by atoms with Crippen LogP contribution in [0.5, 0.6) is 0 Å². The molecule has 78 valence electrons. The largest absolute Gasteiger partial charge is 0.462 e. The molecule has 5 heteroatoms. The van der Waals surface area contributed by atoms with Crippen molar-refractivity contribution < 1.29 is 9.53 Å². The molecule has 0 amide bonds. The van der Waals surface area contributed by atoms with Gasteiger partial charge in [0.15, 0.2) is 0 Å². The van der Waals surface area contributed by atoms with Crippen LogP contribution in [0, 0.1) is 11.3 Å². The number of benzene rings is 1. The molecule has 0 atom stereocenters. The predicted octanol–water partition coefficient (Wildman–Crippen LogP) is 3.15. The molecule has 15 heavy (non-hydrogen) atoms. The lowest BCUT2D eigenvalue weighted by atomic mass is 10.1. The second-order valence-electron chi connectivity index (χ2n) is 2.64. The second kappa shape index (κ2) is 5.15. The molecule has 0 saturated heterocycles. The first-order valence-corrected chi connectivity index (χ1v) is 5.33. The van der Waals surface area contributed by atoms with E-state index in [9.17, 15) is 4.79 Å². The Hall–Kier alpha value is -1.05. The first-order valence-electron chi connectivity index (χ1n) is 4.16. The van der Waals surface area contributed by atoms with Gasteiger partial charge >= 0.3 is 5.97 Å². The summed E-state index contributed by atoms with van der Waals surface area (Å²) in [7, 11) is 0. The van der Waals surface area contributed by atoms with E-state index in [0.29, 0.717) is 9.50 Å². The lowest BCUT2D eigenvalue weighted by molar-refractivity contribution is 0.0525. The summed E-state index contributed by atoms with van der Waals surface area (Å²) in [5, 5.41) is 9.24. The van der Waals surface area contributed by atoms with Crippen molar-refractivity contribution in [2.45, 2.75) is 6.92 Å². The smallest absolute Gasteiger partial charge is 0.340 e. The zero-order valence-corrected chi connectivity index (χ0v) is 10.2. The van der Waals surface area contributed by atoms with Crippen molar-refractivity contribution in [3.63, 3.8) is 0 Å². The topological polar surface area (TPSA) is 50.1 Å². The van der Waals surface area contributed by atoms with E-state index in [4.69, 9.17) is 21.6 Å². The molecular weight excluding hydrogens is 281 g/mol. The standard InChI is InChI=1S/C10H7BrClNO2/c1-2-15-10(14)9-6(5-13)3-7(12)4-8(9)11/h3-4H,2H2,1H3. The number of halogens is 2. The summed E-state index contributed by atoms with van der Waals surface area (Å²) in [6.45, 7) is 1.96. The Morgan fingerprint density at radius 2 is 2.33 bits per heavy atom. The van der Waals surface area contributed by atoms with Crippen molar-refractivity contribution >= 4 is 33.5 Å². The molecule has 0 bridgehead atoms. The van der Waals surface area contributed by atoms with Gasteiger partial charge in [-0.3, -0.25) is 0 Å². The van der Waals surface area contributed by atoms with Crippen LogP contribution in [-0.2, 0) is 4.74 Å². The minimum absolute atomic E-state index is 0.202. The van der Waals surface area contributed by atoms with E-state index in [-0.39, 0.29) is 17.7 Å². The van der Waals surface area contributed by atoms with Crippen molar-refractivity contribution in [2.24, 2.45) is 0 Å². The normalized spacial score (nSPS) is 9.47. The van der Waals surface area contributed by atoms with Gasteiger partial charge in [-0.05, 0) is 35.0 Å². The van der Waals surface area contributed by atoms with Crippen molar-refractivity contribution in [2.75, 3.05) is 6.61 Å². The molecule has 0 N–H and O–H groups in total. The molecular formula is C10H7BrClNO2. The molecule has 0 aliphatic rings. The van der Waals surface area contributed by atoms with Crippen molar-refractivity contribution in [1.29, 1.82) is 5.26 Å². The van der Waals surface area contributed by atoms with Gasteiger partial charge in [-0.2, -0.15) is 5.26 Å². The Bertz CT molecular complexity index is 440. The van der Waals surface area contributed by atoms with Gasteiger partial charge in [0.05, 0.1) is 17.7 Å². The van der Waals surface area contributed by atoms with E-state index in [0.717, 1.165) is 0 Å². The lowest BCUT2D eigenvalue weighted by Gasteiger charge is -2.06. The Morgan fingerprint density at radius 3 is 2.87 bits per heavy atom. The first-order chi connectivity index (χ1) is 7.10. The van der Waals surface area contributed by atoms with Crippen molar-refractivity contribution in [1.82, 2.24) is 0 Å². The summed E-state index contributed by atoms with van der Waals surface area (Å²) in [6, 6.07) is 4.88. The maximum Gasteiger partial charge on any atom is 0.340 e. The fourth-order valence-corrected chi connectivity index (χ4v) is 2.04. The summed E-state index contributed by atoms with van der Waals surface area (Å²) in [4.78, 5) is 11.5. The summed E-state index contributed by atoms with van der Waals surface area (Å²) in [5.41, 5.74) is 0.413. The zero-order chi connectivity index (χ0) is 11.4. The summed E-state index contributed by atoms with van der Waals surface area (Å²) in [6.07, 6.45) is 0. The third-order valence-corrected chi connectivity index (χ3v) is 2.50. The van der Waals surface area contributed by atoms with Crippen LogP contribution in [0.25, 0.3) is 0 Å². The average Bonchev–Trinajstić information content (AvgIpc) is 2.16. The van der Waals surface area contributed by atoms with E-state index in [2.05, 4.69) is 15.9 Å². The minimum atomic E-state index is -0.530. The van der Waals surface area contributed by atoms with Crippen LogP contribution in [0.4, 0.5) is 0 Å². The van der Waals surface area contributed by atoms with Gasteiger partial charge in [0.2, 0.25) is 0 Å². The molecule has 0 unspecified atom stereocenters. The van der Waals surface area contributed by atoms with Gasteiger partial charge in [0, 0.05) is 9.50 Å². The highest BCUT2D eigenvalue weighted by Gasteiger charge is 2.17. The monoisotopic (exact) mass is 287 g/mol. The maximum atomic E-state index is 11.5. The molecule has 1 aromatic carbocycles. The van der Waals surface area contributed by atoms with Crippen LogP contribution in [0.3, 0.4) is 0 Å². The number of hydrogen-bond donors (Lipinski definition) is 0. The molecule has 0 aliphatic carbocycles. The zero-order valence-electron chi connectivity index (χ0n) is 7.88. The molecule has 3 nitrogen and oxygen atoms in total. The highest BCUT2D eigenvalue weighted by atomic mass is 79.9. The van der Waals surface area contributed by atoms with Crippen LogP contribution in [0.15, 0.2) is 16.6 Å². The summed E-state index contributed by atoms with van der Waals surface area (Å²) >= 11 is 8.92. The Balaban J connectivity index is 3.28. The number of nitriles is 1. The molecule has 0 saturated carbocycles. The summed E-state index contributed by atoms with van der Waals surface area (Å²) < 4.78 is 5.29. The van der Waals surface area contributed by atoms with E-state index < -0.39 is 5.97 Å². The fraction of sp³-hybridized carbons (Fsp3) is 0.200. The highest BCUT2D eigenvalue weighted by molar-refractivity contribution is 9.10. The maximum absolute atomic E-state index is 11.5. The van der Waals surface area contributed by atoms with E-state index in [1.807, 2.05) is 6.07 Å². The van der Waals surface area contributed by atoms with E-state index in [1.165, 1.54) is 6.07 Å². The average molecular weight is 289 g/mol. The molecule has 0 radical (unpaired) electrons. The number of nitrogens with zero attached hydrogens (tertiary/aromatic N) is 1. The molecule has 1 aromatic rings. The highest BCUT2D eigenvalue weighted by Crippen LogP contribution is 2.26. The molecule has 1 rings (SSSR count). The van der Waals surface area contributed by atoms with Crippen LogP contribution in [0.1, 0.15) is 22.8 Å².